The van der Waals surface area contributed by atoms with Crippen molar-refractivity contribution in [2.24, 2.45) is 5.92 Å². The lowest BCUT2D eigenvalue weighted by molar-refractivity contribution is 0.253. The van der Waals surface area contributed by atoms with Crippen LogP contribution in [0.3, 0.4) is 0 Å². The van der Waals surface area contributed by atoms with Gasteiger partial charge < -0.3 is 5.32 Å². The number of nitrogens with zero attached hydrogens (tertiary/aromatic N) is 1. The SMILES string of the molecule is CC(C)CCC(C)NS(=O)(=O)CCN1CCNCC1. The number of hydrogen-bond donors (Lipinski definition) is 2. The van der Waals surface area contributed by atoms with Crippen LogP contribution in [-0.2, 0) is 10.0 Å². The number of hydrogen-bond acceptors (Lipinski definition) is 4. The van der Waals surface area contributed by atoms with E-state index in [-0.39, 0.29) is 11.8 Å². The zero-order valence-electron chi connectivity index (χ0n) is 12.5. The van der Waals surface area contributed by atoms with Crippen molar-refractivity contribution in [3.8, 4) is 0 Å². The molecule has 0 aromatic heterocycles. The van der Waals surface area contributed by atoms with Crippen LogP contribution in [0.2, 0.25) is 0 Å². The molecule has 0 bridgehead atoms. The molecular formula is C13H29N3O2S. The van der Waals surface area contributed by atoms with Crippen molar-refractivity contribution in [1.82, 2.24) is 14.9 Å². The minimum absolute atomic E-state index is 0.0374. The number of nitrogens with one attached hydrogen (secondary N) is 2. The van der Waals surface area contributed by atoms with Crippen molar-refractivity contribution in [3.63, 3.8) is 0 Å². The van der Waals surface area contributed by atoms with Crippen LogP contribution in [0.1, 0.15) is 33.6 Å². The summed E-state index contributed by atoms with van der Waals surface area (Å²) in [6.07, 6.45) is 1.96. The first-order chi connectivity index (χ1) is 8.89. The third-order valence-corrected chi connectivity index (χ3v) is 4.93. The largest absolute Gasteiger partial charge is 0.314 e. The molecule has 0 aliphatic carbocycles. The van der Waals surface area contributed by atoms with Crippen LogP contribution < -0.4 is 10.0 Å². The van der Waals surface area contributed by atoms with Gasteiger partial charge in [0, 0.05) is 38.8 Å². The number of rotatable bonds is 8. The molecule has 1 saturated heterocycles. The van der Waals surface area contributed by atoms with Gasteiger partial charge >= 0.3 is 0 Å². The van der Waals surface area contributed by atoms with Crippen molar-refractivity contribution in [2.75, 3.05) is 38.5 Å². The predicted octanol–water partition coefficient (Wildman–Crippen LogP) is 0.636. The van der Waals surface area contributed by atoms with Crippen LogP contribution in [0.4, 0.5) is 0 Å². The molecule has 1 aliphatic heterocycles. The van der Waals surface area contributed by atoms with Crippen molar-refractivity contribution in [2.45, 2.75) is 39.7 Å². The zero-order valence-corrected chi connectivity index (χ0v) is 13.3. The molecule has 114 valence electrons. The normalized spacial score (nSPS) is 19.8. The Morgan fingerprint density at radius 1 is 1.16 bits per heavy atom. The molecule has 19 heavy (non-hydrogen) atoms. The van der Waals surface area contributed by atoms with Gasteiger partial charge in [0.25, 0.3) is 0 Å². The average molecular weight is 291 g/mol. The van der Waals surface area contributed by atoms with Crippen LogP contribution >= 0.6 is 0 Å². The van der Waals surface area contributed by atoms with Gasteiger partial charge in [-0.1, -0.05) is 13.8 Å². The van der Waals surface area contributed by atoms with Crippen molar-refractivity contribution in [3.05, 3.63) is 0 Å². The number of sulfonamides is 1. The summed E-state index contributed by atoms with van der Waals surface area (Å²) in [7, 11) is -3.14. The smallest absolute Gasteiger partial charge is 0.213 e. The molecule has 0 radical (unpaired) electrons. The van der Waals surface area contributed by atoms with Gasteiger partial charge in [-0.05, 0) is 25.7 Å². The van der Waals surface area contributed by atoms with Crippen molar-refractivity contribution < 1.29 is 8.42 Å². The van der Waals surface area contributed by atoms with Gasteiger partial charge in [-0.2, -0.15) is 0 Å². The zero-order chi connectivity index (χ0) is 14.3. The highest BCUT2D eigenvalue weighted by molar-refractivity contribution is 7.89. The first-order valence-electron chi connectivity index (χ1n) is 7.32. The van der Waals surface area contributed by atoms with Gasteiger partial charge in [0.15, 0.2) is 0 Å². The maximum absolute atomic E-state index is 12.0. The molecular weight excluding hydrogens is 262 g/mol. The molecule has 2 N–H and O–H groups in total. The monoisotopic (exact) mass is 291 g/mol. The lowest BCUT2D eigenvalue weighted by Gasteiger charge is -2.27. The first-order valence-corrected chi connectivity index (χ1v) is 8.97. The van der Waals surface area contributed by atoms with E-state index in [1.165, 1.54) is 0 Å². The summed E-state index contributed by atoms with van der Waals surface area (Å²) < 4.78 is 26.7. The fourth-order valence-electron chi connectivity index (χ4n) is 2.19. The van der Waals surface area contributed by atoms with E-state index in [0.717, 1.165) is 39.0 Å². The Bertz CT molecular complexity index is 338. The molecule has 1 fully saturated rings. The Kier molecular flexibility index (Phi) is 7.28. The highest BCUT2D eigenvalue weighted by atomic mass is 32.2. The standard InChI is InChI=1S/C13H29N3O2S/c1-12(2)4-5-13(3)15-19(17,18)11-10-16-8-6-14-7-9-16/h12-15H,4-11H2,1-3H3. The molecule has 0 aromatic rings. The fourth-order valence-corrected chi connectivity index (χ4v) is 3.54. The fraction of sp³-hybridized carbons (Fsp3) is 1.00. The lowest BCUT2D eigenvalue weighted by Crippen LogP contribution is -2.46. The summed E-state index contributed by atoms with van der Waals surface area (Å²) in [4.78, 5) is 2.20. The number of piperazine rings is 1. The van der Waals surface area contributed by atoms with Crippen LogP contribution in [0.25, 0.3) is 0 Å². The van der Waals surface area contributed by atoms with Crippen LogP contribution in [-0.4, -0.2) is 57.8 Å². The Balaban J connectivity index is 2.26. The first kappa shape index (κ1) is 16.9. The lowest BCUT2D eigenvalue weighted by atomic mass is 10.1. The van der Waals surface area contributed by atoms with Gasteiger partial charge in [0.05, 0.1) is 5.75 Å². The van der Waals surface area contributed by atoms with Crippen LogP contribution in [0, 0.1) is 5.92 Å². The van der Waals surface area contributed by atoms with E-state index in [1.807, 2.05) is 6.92 Å². The molecule has 1 heterocycles. The summed E-state index contributed by atoms with van der Waals surface area (Å²) in [5.41, 5.74) is 0. The predicted molar refractivity (Wildman–Crippen MR) is 79.8 cm³/mol. The maximum Gasteiger partial charge on any atom is 0.213 e. The third-order valence-electron chi connectivity index (χ3n) is 3.44. The molecule has 1 rings (SSSR count). The second-order valence-electron chi connectivity index (χ2n) is 5.90. The summed E-state index contributed by atoms with van der Waals surface area (Å²) in [6, 6.07) is 0.0374. The van der Waals surface area contributed by atoms with E-state index in [4.69, 9.17) is 0 Å². The molecule has 1 aliphatic rings. The summed E-state index contributed by atoms with van der Waals surface area (Å²) in [5.74, 6) is 0.826. The van der Waals surface area contributed by atoms with Crippen molar-refractivity contribution >= 4 is 10.0 Å². The van der Waals surface area contributed by atoms with Gasteiger partial charge in [-0.3, -0.25) is 4.90 Å². The molecule has 0 amide bonds. The Labute approximate surface area is 118 Å². The molecule has 5 nitrogen and oxygen atoms in total. The average Bonchev–Trinajstić information content (AvgIpc) is 2.35. The van der Waals surface area contributed by atoms with Gasteiger partial charge in [0.1, 0.15) is 0 Å². The van der Waals surface area contributed by atoms with Crippen LogP contribution in [0.5, 0.6) is 0 Å². The van der Waals surface area contributed by atoms with E-state index < -0.39 is 10.0 Å². The van der Waals surface area contributed by atoms with Crippen molar-refractivity contribution in [1.29, 1.82) is 0 Å². The molecule has 1 atom stereocenters. The van der Waals surface area contributed by atoms with E-state index in [0.29, 0.717) is 12.5 Å². The summed E-state index contributed by atoms with van der Waals surface area (Å²) in [6.45, 7) is 10.7. The van der Waals surface area contributed by atoms with E-state index in [1.54, 1.807) is 0 Å². The third kappa shape index (κ3) is 7.87. The highest BCUT2D eigenvalue weighted by Crippen LogP contribution is 2.07. The Morgan fingerprint density at radius 3 is 2.37 bits per heavy atom. The van der Waals surface area contributed by atoms with E-state index in [9.17, 15) is 8.42 Å². The maximum atomic E-state index is 12.0. The topological polar surface area (TPSA) is 61.4 Å². The molecule has 6 heteroatoms. The summed E-state index contributed by atoms with van der Waals surface area (Å²) >= 11 is 0. The van der Waals surface area contributed by atoms with E-state index >= 15 is 0 Å². The molecule has 0 spiro atoms. The van der Waals surface area contributed by atoms with Gasteiger partial charge in [-0.15, -0.1) is 0 Å². The summed E-state index contributed by atoms with van der Waals surface area (Å²) in [5, 5.41) is 3.26. The quantitative estimate of drug-likeness (QED) is 0.689. The molecule has 1 unspecified atom stereocenters. The highest BCUT2D eigenvalue weighted by Gasteiger charge is 2.17. The van der Waals surface area contributed by atoms with Crippen LogP contribution in [0.15, 0.2) is 0 Å². The second-order valence-corrected chi connectivity index (χ2v) is 7.77. The Morgan fingerprint density at radius 2 is 1.79 bits per heavy atom. The minimum Gasteiger partial charge on any atom is -0.314 e. The molecule has 0 saturated carbocycles. The second kappa shape index (κ2) is 8.19. The van der Waals surface area contributed by atoms with E-state index in [2.05, 4.69) is 28.8 Å². The molecule has 0 aromatic carbocycles. The van der Waals surface area contributed by atoms with Gasteiger partial charge in [0.2, 0.25) is 10.0 Å². The Hall–Kier alpha value is -0.170. The minimum atomic E-state index is -3.14. The van der Waals surface area contributed by atoms with Gasteiger partial charge in [-0.25, -0.2) is 13.1 Å².